The number of aryl methyl sites for hydroxylation is 1. The predicted octanol–water partition coefficient (Wildman–Crippen LogP) is 2.80. The van der Waals surface area contributed by atoms with E-state index in [0.29, 0.717) is 17.2 Å². The lowest BCUT2D eigenvalue weighted by molar-refractivity contribution is -0.123. The molecular formula is C19H22N2O4. The number of carbonyl (C=O) groups excluding carboxylic acids is 1. The zero-order valence-electron chi connectivity index (χ0n) is 14.6. The van der Waals surface area contributed by atoms with Crippen LogP contribution < -0.4 is 19.6 Å². The second-order valence-corrected chi connectivity index (χ2v) is 5.15. The molecule has 2 aromatic carbocycles. The average molecular weight is 342 g/mol. The van der Waals surface area contributed by atoms with Gasteiger partial charge in [0.15, 0.2) is 6.61 Å². The zero-order valence-corrected chi connectivity index (χ0v) is 14.6. The van der Waals surface area contributed by atoms with Crippen LogP contribution in [0, 0.1) is 0 Å². The molecule has 6 heteroatoms. The second kappa shape index (κ2) is 9.32. The van der Waals surface area contributed by atoms with E-state index < -0.39 is 0 Å². The molecule has 2 aromatic rings. The SMILES string of the molecule is CCc1ccccc1OCC(=O)N/N=C/c1ccc(OC)cc1OC. The number of hydrazone groups is 1. The summed E-state index contributed by atoms with van der Waals surface area (Å²) in [5.41, 5.74) is 4.22. The molecule has 0 saturated carbocycles. The van der Waals surface area contributed by atoms with Gasteiger partial charge in [0.05, 0.1) is 20.4 Å². The number of nitrogens with one attached hydrogen (secondary N) is 1. The van der Waals surface area contributed by atoms with Gasteiger partial charge in [0.25, 0.3) is 5.91 Å². The first-order chi connectivity index (χ1) is 12.2. The van der Waals surface area contributed by atoms with Gasteiger partial charge < -0.3 is 14.2 Å². The van der Waals surface area contributed by atoms with E-state index in [2.05, 4.69) is 10.5 Å². The normalized spacial score (nSPS) is 10.5. The number of amides is 1. The maximum atomic E-state index is 11.9. The summed E-state index contributed by atoms with van der Waals surface area (Å²) in [6.45, 7) is 1.93. The van der Waals surface area contributed by atoms with Crippen LogP contribution in [0.15, 0.2) is 47.6 Å². The van der Waals surface area contributed by atoms with Crippen molar-refractivity contribution in [3.8, 4) is 17.2 Å². The minimum atomic E-state index is -0.338. The quantitative estimate of drug-likeness (QED) is 0.592. The third-order valence-electron chi connectivity index (χ3n) is 3.55. The van der Waals surface area contributed by atoms with Gasteiger partial charge in [-0.05, 0) is 30.2 Å². The van der Waals surface area contributed by atoms with E-state index in [1.54, 1.807) is 32.4 Å². The molecule has 0 aliphatic rings. The van der Waals surface area contributed by atoms with Crippen molar-refractivity contribution in [2.75, 3.05) is 20.8 Å². The van der Waals surface area contributed by atoms with Crippen molar-refractivity contribution in [3.63, 3.8) is 0 Å². The van der Waals surface area contributed by atoms with Gasteiger partial charge in [0, 0.05) is 11.6 Å². The lowest BCUT2D eigenvalue weighted by atomic mass is 10.1. The van der Waals surface area contributed by atoms with Crippen molar-refractivity contribution in [3.05, 3.63) is 53.6 Å². The first kappa shape index (κ1) is 18.3. The molecule has 0 bridgehead atoms. The van der Waals surface area contributed by atoms with E-state index in [1.807, 2.05) is 31.2 Å². The molecule has 1 amide bonds. The molecule has 132 valence electrons. The number of hydrogen-bond donors (Lipinski definition) is 1. The number of carbonyl (C=O) groups is 1. The van der Waals surface area contributed by atoms with Crippen molar-refractivity contribution in [1.29, 1.82) is 0 Å². The summed E-state index contributed by atoms with van der Waals surface area (Å²) >= 11 is 0. The fraction of sp³-hybridized carbons (Fsp3) is 0.263. The summed E-state index contributed by atoms with van der Waals surface area (Å²) in [5.74, 6) is 1.65. The summed E-state index contributed by atoms with van der Waals surface area (Å²) in [6, 6.07) is 13.0. The molecule has 0 aromatic heterocycles. The minimum Gasteiger partial charge on any atom is -0.497 e. The van der Waals surface area contributed by atoms with Crippen LogP contribution in [-0.2, 0) is 11.2 Å². The molecule has 0 saturated heterocycles. The molecule has 0 spiro atoms. The fourth-order valence-corrected chi connectivity index (χ4v) is 2.21. The van der Waals surface area contributed by atoms with E-state index in [4.69, 9.17) is 14.2 Å². The predicted molar refractivity (Wildman–Crippen MR) is 96.6 cm³/mol. The highest BCUT2D eigenvalue weighted by molar-refractivity contribution is 5.85. The topological polar surface area (TPSA) is 69.2 Å². The van der Waals surface area contributed by atoms with E-state index in [9.17, 15) is 4.79 Å². The molecule has 1 N–H and O–H groups in total. The fourth-order valence-electron chi connectivity index (χ4n) is 2.21. The lowest BCUT2D eigenvalue weighted by Gasteiger charge is -2.09. The average Bonchev–Trinajstić information content (AvgIpc) is 2.66. The number of rotatable bonds is 8. The Morgan fingerprint density at radius 2 is 1.92 bits per heavy atom. The van der Waals surface area contributed by atoms with Gasteiger partial charge in [-0.3, -0.25) is 4.79 Å². The van der Waals surface area contributed by atoms with Gasteiger partial charge >= 0.3 is 0 Å². The maximum absolute atomic E-state index is 11.9. The van der Waals surface area contributed by atoms with Crippen molar-refractivity contribution < 1.29 is 19.0 Å². The summed E-state index contributed by atoms with van der Waals surface area (Å²) in [5, 5.41) is 3.94. The Balaban J connectivity index is 1.90. The Morgan fingerprint density at radius 3 is 2.64 bits per heavy atom. The Hall–Kier alpha value is -3.02. The van der Waals surface area contributed by atoms with E-state index in [0.717, 1.165) is 17.5 Å². The number of hydrogen-bond acceptors (Lipinski definition) is 5. The van der Waals surface area contributed by atoms with Gasteiger partial charge in [0.2, 0.25) is 0 Å². The van der Waals surface area contributed by atoms with Crippen LogP contribution in [0.2, 0.25) is 0 Å². The molecule has 0 heterocycles. The number of methoxy groups -OCH3 is 2. The molecule has 0 unspecified atom stereocenters. The Kier molecular flexibility index (Phi) is 6.83. The van der Waals surface area contributed by atoms with Gasteiger partial charge in [-0.2, -0.15) is 5.10 Å². The molecule has 0 aliphatic carbocycles. The summed E-state index contributed by atoms with van der Waals surface area (Å²) < 4.78 is 15.9. The van der Waals surface area contributed by atoms with Crippen LogP contribution in [0.25, 0.3) is 0 Å². The third kappa shape index (κ3) is 5.24. The lowest BCUT2D eigenvalue weighted by Crippen LogP contribution is -2.24. The largest absolute Gasteiger partial charge is 0.497 e. The molecule has 2 rings (SSSR count). The molecule has 25 heavy (non-hydrogen) atoms. The molecule has 0 fully saturated rings. The highest BCUT2D eigenvalue weighted by atomic mass is 16.5. The van der Waals surface area contributed by atoms with Gasteiger partial charge in [0.1, 0.15) is 17.2 Å². The van der Waals surface area contributed by atoms with Crippen LogP contribution in [0.4, 0.5) is 0 Å². The Morgan fingerprint density at radius 1 is 1.12 bits per heavy atom. The van der Waals surface area contributed by atoms with E-state index >= 15 is 0 Å². The van der Waals surface area contributed by atoms with Crippen LogP contribution in [-0.4, -0.2) is 32.9 Å². The molecule has 0 aliphatic heterocycles. The molecule has 0 radical (unpaired) electrons. The Bertz CT molecular complexity index is 744. The summed E-state index contributed by atoms with van der Waals surface area (Å²) in [7, 11) is 3.14. The van der Waals surface area contributed by atoms with E-state index in [1.165, 1.54) is 6.21 Å². The summed E-state index contributed by atoms with van der Waals surface area (Å²) in [4.78, 5) is 11.9. The summed E-state index contributed by atoms with van der Waals surface area (Å²) in [6.07, 6.45) is 2.35. The Labute approximate surface area is 147 Å². The molecular weight excluding hydrogens is 320 g/mol. The van der Waals surface area contributed by atoms with Gasteiger partial charge in [-0.15, -0.1) is 0 Å². The monoisotopic (exact) mass is 342 g/mol. The number of benzene rings is 2. The smallest absolute Gasteiger partial charge is 0.277 e. The van der Waals surface area contributed by atoms with Crippen molar-refractivity contribution in [2.45, 2.75) is 13.3 Å². The second-order valence-electron chi connectivity index (χ2n) is 5.15. The number of nitrogens with zero attached hydrogens (tertiary/aromatic N) is 1. The third-order valence-corrected chi connectivity index (χ3v) is 3.55. The van der Waals surface area contributed by atoms with Gasteiger partial charge in [-0.1, -0.05) is 25.1 Å². The molecule has 0 atom stereocenters. The van der Waals surface area contributed by atoms with E-state index in [-0.39, 0.29) is 12.5 Å². The maximum Gasteiger partial charge on any atom is 0.277 e. The molecule has 6 nitrogen and oxygen atoms in total. The highest BCUT2D eigenvalue weighted by Gasteiger charge is 2.06. The number of ether oxygens (including phenoxy) is 3. The van der Waals surface area contributed by atoms with Crippen LogP contribution in [0.5, 0.6) is 17.2 Å². The first-order valence-corrected chi connectivity index (χ1v) is 7.92. The highest BCUT2D eigenvalue weighted by Crippen LogP contribution is 2.23. The van der Waals surface area contributed by atoms with Crippen molar-refractivity contribution in [2.24, 2.45) is 5.10 Å². The first-order valence-electron chi connectivity index (χ1n) is 7.92. The number of para-hydroxylation sites is 1. The van der Waals surface area contributed by atoms with Crippen LogP contribution in [0.1, 0.15) is 18.1 Å². The minimum absolute atomic E-state index is 0.103. The van der Waals surface area contributed by atoms with Crippen LogP contribution in [0.3, 0.4) is 0 Å². The van der Waals surface area contributed by atoms with Crippen molar-refractivity contribution >= 4 is 12.1 Å². The zero-order chi connectivity index (χ0) is 18.1. The standard InChI is InChI=1S/C19H22N2O4/c1-4-14-7-5-6-8-17(14)25-13-19(22)21-20-12-15-9-10-16(23-2)11-18(15)24-3/h5-12H,4,13H2,1-3H3,(H,21,22)/b20-12+. The van der Waals surface area contributed by atoms with Crippen LogP contribution >= 0.6 is 0 Å². The van der Waals surface area contributed by atoms with Crippen molar-refractivity contribution in [1.82, 2.24) is 5.43 Å². The van der Waals surface area contributed by atoms with Gasteiger partial charge in [-0.25, -0.2) is 5.43 Å².